The Morgan fingerprint density at radius 2 is 2.20 bits per heavy atom. The molecule has 9 nitrogen and oxygen atoms in total. The third-order valence-corrected chi connectivity index (χ3v) is 3.98. The van der Waals surface area contributed by atoms with E-state index in [1.807, 2.05) is 0 Å². The molecule has 1 rings (SSSR count). The number of hydrogen-bond donors (Lipinski definition) is 1. The van der Waals surface area contributed by atoms with Gasteiger partial charge >= 0.3 is 118 Å². The molecule has 0 aromatic heterocycles. The fourth-order valence-electron chi connectivity index (χ4n) is 1.27. The number of carboxylic acid groups (broad SMARTS) is 1. The van der Waals surface area contributed by atoms with E-state index in [1.165, 1.54) is 12.1 Å². The zero-order valence-electron chi connectivity index (χ0n) is 9.92. The van der Waals surface area contributed by atoms with Gasteiger partial charge in [-0.15, -0.1) is 0 Å². The first-order chi connectivity index (χ1) is 9.45. The van der Waals surface area contributed by atoms with Crippen molar-refractivity contribution in [2.45, 2.75) is 11.7 Å². The minimum atomic E-state index is -1.02. The molecule has 0 saturated carbocycles. The van der Waals surface area contributed by atoms with Gasteiger partial charge in [-0.2, -0.15) is 0 Å². The molecule has 104 valence electrons. The molecule has 0 heterocycles. The molecule has 0 aliphatic carbocycles. The van der Waals surface area contributed by atoms with Crippen LogP contribution in [0, 0.1) is 10.1 Å². The first kappa shape index (κ1) is 15.6. The normalized spacial score (nSPS) is 9.60. The minimum absolute atomic E-state index is 0.0359. The molecule has 0 amide bonds. The van der Waals surface area contributed by atoms with Crippen LogP contribution in [0.1, 0.15) is 16.8 Å². The topological polar surface area (TPSA) is 146 Å². The van der Waals surface area contributed by atoms with Crippen LogP contribution in [-0.4, -0.2) is 35.6 Å². The zero-order valence-corrected chi connectivity index (χ0v) is 11.6. The van der Waals surface area contributed by atoms with Crippen molar-refractivity contribution < 1.29 is 19.6 Å². The van der Waals surface area contributed by atoms with Gasteiger partial charge in [-0.1, -0.05) is 0 Å². The van der Waals surface area contributed by atoms with Crippen LogP contribution in [-0.2, 0) is 4.79 Å². The molecular weight excluding hydrogens is 335 g/mol. The van der Waals surface area contributed by atoms with Crippen molar-refractivity contribution in [3.8, 4) is 0 Å². The Morgan fingerprint density at radius 3 is 2.75 bits per heavy atom. The number of nitro groups is 1. The predicted octanol–water partition coefficient (Wildman–Crippen LogP) is 2.27. The van der Waals surface area contributed by atoms with Gasteiger partial charge in [-0.3, -0.25) is 0 Å². The summed E-state index contributed by atoms with van der Waals surface area (Å²) in [6.07, 6.45) is -0.156. The molecule has 0 unspecified atom stereocenters. The van der Waals surface area contributed by atoms with Gasteiger partial charge in [0.15, 0.2) is 0 Å². The summed E-state index contributed by atoms with van der Waals surface area (Å²) in [5.74, 6) is -1.02. The molecule has 0 saturated heterocycles. The number of carboxylic acids is 1. The van der Waals surface area contributed by atoms with E-state index in [0.717, 1.165) is 6.07 Å². The molecule has 0 atom stereocenters. The number of carbonyl (C=O) groups is 2. The van der Waals surface area contributed by atoms with Gasteiger partial charge in [-0.05, 0) is 0 Å². The van der Waals surface area contributed by atoms with Crippen LogP contribution in [0.3, 0.4) is 0 Å². The Morgan fingerprint density at radius 1 is 1.50 bits per heavy atom. The van der Waals surface area contributed by atoms with Gasteiger partial charge in [-0.25, -0.2) is 0 Å². The number of nitrogens with zero attached hydrogens (tertiary/aromatic N) is 4. The predicted molar refractivity (Wildman–Crippen MR) is 69.0 cm³/mol. The standard InChI is InChI=1S/C10H8N4O5Se/c11-13-12-6-1-2-7(8(5-6)14(18)19)10(17)20-4-3-9(15)16/h1-2,5H,3-4H2,(H,15,16). The Bertz CT molecular complexity index is 612. The first-order valence-corrected chi connectivity index (χ1v) is 7.25. The molecule has 0 radical (unpaired) electrons. The van der Waals surface area contributed by atoms with Crippen LogP contribution in [0.15, 0.2) is 23.3 Å². The quantitative estimate of drug-likeness (QED) is 0.201. The van der Waals surface area contributed by atoms with E-state index in [4.69, 9.17) is 10.6 Å². The third kappa shape index (κ3) is 4.36. The number of benzene rings is 1. The molecular formula is C10H8N4O5Se. The maximum absolute atomic E-state index is 11.8. The van der Waals surface area contributed by atoms with E-state index in [-0.39, 0.29) is 23.0 Å². The number of hydrogen-bond acceptors (Lipinski definition) is 5. The molecule has 1 aromatic carbocycles. The number of nitro benzene ring substituents is 1. The van der Waals surface area contributed by atoms with Crippen LogP contribution in [0.5, 0.6) is 0 Å². The van der Waals surface area contributed by atoms with E-state index in [0.29, 0.717) is 0 Å². The van der Waals surface area contributed by atoms with Crippen molar-refractivity contribution >= 4 is 37.0 Å². The van der Waals surface area contributed by atoms with Crippen LogP contribution in [0.4, 0.5) is 11.4 Å². The van der Waals surface area contributed by atoms with Crippen LogP contribution in [0.2, 0.25) is 5.32 Å². The molecule has 0 aliphatic heterocycles. The first-order valence-electron chi connectivity index (χ1n) is 5.18. The molecule has 20 heavy (non-hydrogen) atoms. The van der Waals surface area contributed by atoms with E-state index in [9.17, 15) is 19.7 Å². The summed E-state index contributed by atoms with van der Waals surface area (Å²) in [5, 5.41) is 22.8. The van der Waals surface area contributed by atoms with Gasteiger partial charge in [0, 0.05) is 0 Å². The average Bonchev–Trinajstić information content (AvgIpc) is 2.38. The van der Waals surface area contributed by atoms with Crippen LogP contribution < -0.4 is 0 Å². The fraction of sp³-hybridized carbons (Fsp3) is 0.200. The van der Waals surface area contributed by atoms with Crippen molar-refractivity contribution in [1.29, 1.82) is 0 Å². The average molecular weight is 343 g/mol. The van der Waals surface area contributed by atoms with Crippen molar-refractivity contribution in [1.82, 2.24) is 0 Å². The third-order valence-electron chi connectivity index (χ3n) is 2.11. The van der Waals surface area contributed by atoms with Gasteiger partial charge in [0.1, 0.15) is 0 Å². The van der Waals surface area contributed by atoms with E-state index in [1.54, 1.807) is 0 Å². The van der Waals surface area contributed by atoms with Gasteiger partial charge in [0.2, 0.25) is 0 Å². The van der Waals surface area contributed by atoms with Crippen LogP contribution in [0.25, 0.3) is 10.4 Å². The summed E-state index contributed by atoms with van der Waals surface area (Å²) in [7, 11) is 0. The zero-order chi connectivity index (χ0) is 15.1. The van der Waals surface area contributed by atoms with Crippen molar-refractivity contribution in [2.75, 3.05) is 0 Å². The Labute approximate surface area is 118 Å². The molecule has 1 aromatic rings. The van der Waals surface area contributed by atoms with Gasteiger partial charge in [0.05, 0.1) is 0 Å². The van der Waals surface area contributed by atoms with Crippen LogP contribution >= 0.6 is 0 Å². The molecule has 0 aliphatic rings. The Kier molecular flexibility index (Phi) is 5.67. The molecule has 0 fully saturated rings. The van der Waals surface area contributed by atoms with Crippen molar-refractivity contribution in [2.24, 2.45) is 5.11 Å². The second kappa shape index (κ2) is 7.25. The van der Waals surface area contributed by atoms with Gasteiger partial charge in [0.25, 0.3) is 0 Å². The maximum atomic E-state index is 11.8. The van der Waals surface area contributed by atoms with Gasteiger partial charge < -0.3 is 0 Å². The van der Waals surface area contributed by atoms with E-state index in [2.05, 4.69) is 10.0 Å². The van der Waals surface area contributed by atoms with Crippen molar-refractivity contribution in [3.05, 3.63) is 44.3 Å². The molecule has 0 spiro atoms. The summed E-state index contributed by atoms with van der Waals surface area (Å²) in [6.45, 7) is 0. The summed E-state index contributed by atoms with van der Waals surface area (Å²) in [5.41, 5.74) is 7.75. The Balaban J connectivity index is 2.98. The van der Waals surface area contributed by atoms with Crippen molar-refractivity contribution in [3.63, 3.8) is 0 Å². The second-order valence-corrected chi connectivity index (χ2v) is 5.67. The molecule has 0 bridgehead atoms. The second-order valence-electron chi connectivity index (χ2n) is 3.43. The fourth-order valence-corrected chi connectivity index (χ4v) is 2.92. The van der Waals surface area contributed by atoms with E-state index < -0.39 is 36.2 Å². The number of azide groups is 1. The summed E-state index contributed by atoms with van der Waals surface area (Å²) < 4.78 is -0.460. The summed E-state index contributed by atoms with van der Waals surface area (Å²) >= 11 is -0.691. The monoisotopic (exact) mass is 344 g/mol. The number of carbonyl (C=O) groups excluding carboxylic acids is 1. The molecule has 10 heteroatoms. The summed E-state index contributed by atoms with van der Waals surface area (Å²) in [4.78, 5) is 34.9. The number of rotatable bonds is 7. The Hall–Kier alpha value is -2.41. The molecule has 1 N–H and O–H groups in total. The number of aliphatic carboxylic acids is 1. The summed E-state index contributed by atoms with van der Waals surface area (Å²) in [6, 6.07) is 3.53. The van der Waals surface area contributed by atoms with E-state index >= 15 is 0 Å². The SMILES string of the molecule is [N-]=[N+]=Nc1ccc(C(=O)[Se]CCC(=O)O)c([N+](=O)[O-])c1.